The predicted octanol–water partition coefficient (Wildman–Crippen LogP) is 1.60. The largest absolute Gasteiger partial charge is 0.357 e. The predicted molar refractivity (Wildman–Crippen MR) is 78.9 cm³/mol. The molecule has 1 aromatic heterocycles. The molecule has 1 N–H and O–H groups in total. The van der Waals surface area contributed by atoms with E-state index in [-0.39, 0.29) is 0 Å². The molecule has 106 valence electrons. The minimum absolute atomic E-state index is 0.530. The van der Waals surface area contributed by atoms with Gasteiger partial charge in [-0.05, 0) is 18.8 Å². The monoisotopic (exact) mass is 264 g/mol. The second-order valence-corrected chi connectivity index (χ2v) is 5.55. The summed E-state index contributed by atoms with van der Waals surface area (Å²) in [6.45, 7) is 5.55. The van der Waals surface area contributed by atoms with Crippen LogP contribution in [0.2, 0.25) is 0 Å². The first kappa shape index (κ1) is 13.8. The molecule has 1 aliphatic heterocycles. The highest BCUT2D eigenvalue weighted by molar-refractivity contribution is 5.45. The highest BCUT2D eigenvalue weighted by Crippen LogP contribution is 2.28. The van der Waals surface area contributed by atoms with Crippen molar-refractivity contribution in [3.8, 4) is 0 Å². The van der Waals surface area contributed by atoms with Gasteiger partial charge in [0, 0.05) is 33.7 Å². The van der Waals surface area contributed by atoms with E-state index in [1.165, 1.54) is 12.8 Å². The van der Waals surface area contributed by atoms with Crippen molar-refractivity contribution in [1.82, 2.24) is 15.0 Å². The van der Waals surface area contributed by atoms with Crippen molar-refractivity contribution in [1.29, 1.82) is 0 Å². The Morgan fingerprint density at radius 3 is 2.58 bits per heavy atom. The van der Waals surface area contributed by atoms with Crippen LogP contribution in [-0.4, -0.2) is 48.7 Å². The van der Waals surface area contributed by atoms with Crippen LogP contribution >= 0.6 is 0 Å². The molecule has 19 heavy (non-hydrogen) atoms. The molecule has 0 aromatic carbocycles. The summed E-state index contributed by atoms with van der Waals surface area (Å²) in [5.41, 5.74) is 0. The Kier molecular flexibility index (Phi) is 4.07. The van der Waals surface area contributed by atoms with Gasteiger partial charge in [-0.15, -0.1) is 0 Å². The number of anilines is 3. The zero-order valence-corrected chi connectivity index (χ0v) is 12.5. The molecule has 2 heterocycles. The van der Waals surface area contributed by atoms with Gasteiger partial charge in [-0.1, -0.05) is 13.8 Å². The third kappa shape index (κ3) is 2.88. The van der Waals surface area contributed by atoms with Crippen molar-refractivity contribution in [2.75, 3.05) is 42.8 Å². The lowest BCUT2D eigenvalue weighted by molar-refractivity contribution is 0.486. The second kappa shape index (κ2) is 5.59. The Labute approximate surface area is 115 Å². The molecule has 0 bridgehead atoms. The van der Waals surface area contributed by atoms with Crippen molar-refractivity contribution in [3.63, 3.8) is 0 Å². The number of aromatic nitrogens is 3. The van der Waals surface area contributed by atoms with Gasteiger partial charge in [0.2, 0.25) is 17.8 Å². The van der Waals surface area contributed by atoms with Crippen LogP contribution in [-0.2, 0) is 0 Å². The second-order valence-electron chi connectivity index (χ2n) is 5.55. The van der Waals surface area contributed by atoms with Crippen LogP contribution in [0.5, 0.6) is 0 Å². The molecule has 0 spiro atoms. The summed E-state index contributed by atoms with van der Waals surface area (Å²) in [4.78, 5) is 17.7. The summed E-state index contributed by atoms with van der Waals surface area (Å²) < 4.78 is 0. The fourth-order valence-corrected chi connectivity index (χ4v) is 2.53. The highest BCUT2D eigenvalue weighted by Gasteiger charge is 2.29. The molecule has 0 amide bonds. The maximum absolute atomic E-state index is 4.59. The first-order chi connectivity index (χ1) is 9.02. The first-order valence-corrected chi connectivity index (χ1v) is 6.90. The number of rotatable bonds is 4. The van der Waals surface area contributed by atoms with E-state index in [1.54, 1.807) is 0 Å². The molecule has 1 aliphatic rings. The Morgan fingerprint density at radius 1 is 1.26 bits per heavy atom. The van der Waals surface area contributed by atoms with Crippen molar-refractivity contribution in [2.24, 2.45) is 5.92 Å². The van der Waals surface area contributed by atoms with Crippen molar-refractivity contribution in [2.45, 2.75) is 32.7 Å². The van der Waals surface area contributed by atoms with Gasteiger partial charge < -0.3 is 15.1 Å². The molecule has 1 saturated heterocycles. The molecular formula is C13H24N6. The van der Waals surface area contributed by atoms with Crippen LogP contribution in [0, 0.1) is 5.92 Å². The highest BCUT2D eigenvalue weighted by atomic mass is 15.4. The molecule has 0 aliphatic carbocycles. The van der Waals surface area contributed by atoms with E-state index in [0.29, 0.717) is 23.9 Å². The van der Waals surface area contributed by atoms with Gasteiger partial charge in [-0.3, -0.25) is 0 Å². The van der Waals surface area contributed by atoms with E-state index in [0.717, 1.165) is 12.5 Å². The van der Waals surface area contributed by atoms with Gasteiger partial charge in [0.05, 0.1) is 0 Å². The van der Waals surface area contributed by atoms with Crippen LogP contribution in [0.4, 0.5) is 17.8 Å². The minimum atomic E-state index is 0.530. The van der Waals surface area contributed by atoms with Gasteiger partial charge in [0.25, 0.3) is 0 Å². The Balaban J connectivity index is 2.35. The Bertz CT molecular complexity index is 431. The van der Waals surface area contributed by atoms with Gasteiger partial charge in [0.1, 0.15) is 0 Å². The number of hydrogen-bond donors (Lipinski definition) is 1. The fourth-order valence-electron chi connectivity index (χ4n) is 2.53. The number of nitrogens with one attached hydrogen (secondary N) is 1. The normalized spacial score (nSPS) is 19.1. The lowest BCUT2D eigenvalue weighted by atomic mass is 10.0. The van der Waals surface area contributed by atoms with Crippen molar-refractivity contribution < 1.29 is 0 Å². The van der Waals surface area contributed by atoms with E-state index < -0.39 is 0 Å². The molecule has 2 rings (SSSR count). The van der Waals surface area contributed by atoms with Crippen LogP contribution in [0.25, 0.3) is 0 Å². The molecule has 1 atom stereocenters. The molecule has 0 saturated carbocycles. The molecule has 6 nitrogen and oxygen atoms in total. The third-order valence-corrected chi connectivity index (χ3v) is 3.56. The average molecular weight is 264 g/mol. The maximum atomic E-state index is 4.59. The molecule has 1 fully saturated rings. The van der Waals surface area contributed by atoms with Gasteiger partial charge >= 0.3 is 0 Å². The smallest absolute Gasteiger partial charge is 0.232 e. The lowest BCUT2D eigenvalue weighted by Crippen LogP contribution is -2.35. The standard InChI is InChI=1S/C13H24N6/c1-9(2)10-7-6-8-19(10)13-16-11(14-3)15-12(17-13)18(4)5/h9-10H,6-8H2,1-5H3,(H,14,15,16,17). The van der Waals surface area contributed by atoms with Gasteiger partial charge in [-0.2, -0.15) is 15.0 Å². The van der Waals surface area contributed by atoms with Crippen LogP contribution in [0.1, 0.15) is 26.7 Å². The Morgan fingerprint density at radius 2 is 2.00 bits per heavy atom. The van der Waals surface area contributed by atoms with E-state index >= 15 is 0 Å². The molecule has 1 aromatic rings. The maximum Gasteiger partial charge on any atom is 0.232 e. The van der Waals surface area contributed by atoms with E-state index in [4.69, 9.17) is 0 Å². The summed E-state index contributed by atoms with van der Waals surface area (Å²) in [6, 6.07) is 0.530. The summed E-state index contributed by atoms with van der Waals surface area (Å²) in [7, 11) is 5.73. The number of nitrogens with zero attached hydrogens (tertiary/aromatic N) is 5. The van der Waals surface area contributed by atoms with Crippen LogP contribution < -0.4 is 15.1 Å². The molecular weight excluding hydrogens is 240 g/mol. The van der Waals surface area contributed by atoms with Gasteiger partial charge in [-0.25, -0.2) is 0 Å². The third-order valence-electron chi connectivity index (χ3n) is 3.56. The van der Waals surface area contributed by atoms with Crippen molar-refractivity contribution in [3.05, 3.63) is 0 Å². The van der Waals surface area contributed by atoms with Crippen LogP contribution in [0.15, 0.2) is 0 Å². The first-order valence-electron chi connectivity index (χ1n) is 6.90. The Hall–Kier alpha value is -1.59. The average Bonchev–Trinajstić information content (AvgIpc) is 2.87. The zero-order chi connectivity index (χ0) is 14.0. The molecule has 1 unspecified atom stereocenters. The van der Waals surface area contributed by atoms with Gasteiger partial charge in [0.15, 0.2) is 0 Å². The summed E-state index contributed by atoms with van der Waals surface area (Å²) in [6.07, 6.45) is 2.43. The number of hydrogen-bond acceptors (Lipinski definition) is 6. The van der Waals surface area contributed by atoms with E-state index in [9.17, 15) is 0 Å². The minimum Gasteiger partial charge on any atom is -0.357 e. The quantitative estimate of drug-likeness (QED) is 0.891. The summed E-state index contributed by atoms with van der Waals surface area (Å²) >= 11 is 0. The topological polar surface area (TPSA) is 57.2 Å². The van der Waals surface area contributed by atoms with Crippen molar-refractivity contribution >= 4 is 17.8 Å². The van der Waals surface area contributed by atoms with Crippen LogP contribution in [0.3, 0.4) is 0 Å². The zero-order valence-electron chi connectivity index (χ0n) is 12.5. The summed E-state index contributed by atoms with van der Waals surface area (Å²) in [5, 5.41) is 3.01. The SMILES string of the molecule is CNc1nc(N(C)C)nc(N2CCCC2C(C)C)n1. The molecule has 0 radical (unpaired) electrons. The lowest BCUT2D eigenvalue weighted by Gasteiger charge is -2.28. The van der Waals surface area contributed by atoms with E-state index in [1.807, 2.05) is 26.0 Å². The molecule has 6 heteroatoms. The fraction of sp³-hybridized carbons (Fsp3) is 0.769. The summed E-state index contributed by atoms with van der Waals surface area (Å²) in [5.74, 6) is 2.73. The van der Waals surface area contributed by atoms with E-state index in [2.05, 4.69) is 39.0 Å².